The van der Waals surface area contributed by atoms with Crippen LogP contribution in [0.2, 0.25) is 0 Å². The lowest BCUT2D eigenvalue weighted by Gasteiger charge is -2.20. The lowest BCUT2D eigenvalue weighted by Crippen LogP contribution is -2.28. The minimum Gasteiger partial charge on any atom is -0.316 e. The first-order valence-electron chi connectivity index (χ1n) is 5.00. The molecular formula is C10H18N2. The second-order valence-electron chi connectivity index (χ2n) is 3.76. The van der Waals surface area contributed by atoms with Crippen LogP contribution < -0.4 is 5.73 Å². The van der Waals surface area contributed by atoms with E-state index < -0.39 is 0 Å². The molecule has 0 bridgehead atoms. The van der Waals surface area contributed by atoms with E-state index in [0.29, 0.717) is 5.92 Å². The van der Waals surface area contributed by atoms with E-state index >= 15 is 0 Å². The Hall–Kier alpha value is -0.550. The van der Waals surface area contributed by atoms with Gasteiger partial charge in [0.05, 0.1) is 12.1 Å². The van der Waals surface area contributed by atoms with Crippen molar-refractivity contribution in [3.05, 3.63) is 0 Å². The van der Waals surface area contributed by atoms with E-state index in [1.54, 1.807) is 0 Å². The van der Waals surface area contributed by atoms with Crippen molar-refractivity contribution in [3.8, 4) is 6.07 Å². The highest BCUT2D eigenvalue weighted by Gasteiger charge is 2.17. The molecule has 68 valence electrons. The summed E-state index contributed by atoms with van der Waals surface area (Å²) in [5, 5.41) is 8.67. The van der Waals surface area contributed by atoms with Gasteiger partial charge in [-0.3, -0.25) is 0 Å². The van der Waals surface area contributed by atoms with E-state index in [0.717, 1.165) is 12.8 Å². The molecule has 1 unspecified atom stereocenters. The smallest absolute Gasteiger partial charge is 0.0956 e. The third kappa shape index (κ3) is 2.83. The first-order valence-corrected chi connectivity index (χ1v) is 5.00. The van der Waals surface area contributed by atoms with E-state index in [1.807, 2.05) is 0 Å². The molecule has 0 amide bonds. The molecular weight excluding hydrogens is 148 g/mol. The summed E-state index contributed by atoms with van der Waals surface area (Å²) in [5.41, 5.74) is 5.71. The van der Waals surface area contributed by atoms with Crippen LogP contribution in [0.5, 0.6) is 0 Å². The first kappa shape index (κ1) is 9.54. The van der Waals surface area contributed by atoms with Gasteiger partial charge in [0.2, 0.25) is 0 Å². The fourth-order valence-corrected chi connectivity index (χ4v) is 1.95. The average Bonchev–Trinajstić information content (AvgIpc) is 2.02. The summed E-state index contributed by atoms with van der Waals surface area (Å²) >= 11 is 0. The summed E-state index contributed by atoms with van der Waals surface area (Å²) < 4.78 is 0. The van der Waals surface area contributed by atoms with E-state index in [2.05, 4.69) is 6.07 Å². The molecule has 1 aliphatic carbocycles. The molecule has 2 heteroatoms. The predicted octanol–water partition coefficient (Wildman–Crippen LogP) is 2.20. The lowest BCUT2D eigenvalue weighted by molar-refractivity contribution is 0.355. The molecule has 1 aliphatic rings. The maximum Gasteiger partial charge on any atom is 0.0956 e. The molecule has 0 aromatic rings. The molecule has 0 spiro atoms. The molecule has 2 N–H and O–H groups in total. The topological polar surface area (TPSA) is 49.8 Å². The lowest BCUT2D eigenvalue weighted by atomic mass is 9.87. The van der Waals surface area contributed by atoms with Crippen molar-refractivity contribution in [1.82, 2.24) is 0 Å². The van der Waals surface area contributed by atoms with Crippen molar-refractivity contribution in [2.75, 3.05) is 0 Å². The normalized spacial score (nSPS) is 23.7. The van der Waals surface area contributed by atoms with Gasteiger partial charge in [0.15, 0.2) is 0 Å². The van der Waals surface area contributed by atoms with Gasteiger partial charge in [-0.15, -0.1) is 0 Å². The molecule has 0 saturated heterocycles. The molecule has 1 fully saturated rings. The second-order valence-corrected chi connectivity index (χ2v) is 3.76. The van der Waals surface area contributed by atoms with Gasteiger partial charge >= 0.3 is 0 Å². The summed E-state index contributed by atoms with van der Waals surface area (Å²) in [4.78, 5) is 0. The molecule has 1 atom stereocenters. The van der Waals surface area contributed by atoms with Gasteiger partial charge in [-0.25, -0.2) is 0 Å². The van der Waals surface area contributed by atoms with Crippen molar-refractivity contribution in [1.29, 1.82) is 5.26 Å². The Morgan fingerprint density at radius 1 is 1.08 bits per heavy atom. The minimum atomic E-state index is -0.219. The van der Waals surface area contributed by atoms with E-state index in [9.17, 15) is 0 Å². The van der Waals surface area contributed by atoms with Crippen molar-refractivity contribution < 1.29 is 0 Å². The number of hydrogen-bond donors (Lipinski definition) is 1. The van der Waals surface area contributed by atoms with Gasteiger partial charge in [0.1, 0.15) is 0 Å². The zero-order chi connectivity index (χ0) is 8.81. The molecule has 2 nitrogen and oxygen atoms in total. The number of nitrogens with zero attached hydrogens (tertiary/aromatic N) is 1. The van der Waals surface area contributed by atoms with Gasteiger partial charge in [-0.05, 0) is 18.8 Å². The summed E-state index contributed by atoms with van der Waals surface area (Å²) in [6.07, 6.45) is 8.88. The maximum absolute atomic E-state index is 8.67. The standard InChI is InChI=1S/C10H18N2/c11-8-10(12)9-6-4-2-1-3-5-7-9/h9-10H,1-7,12H2. The van der Waals surface area contributed by atoms with Crippen LogP contribution >= 0.6 is 0 Å². The Morgan fingerprint density at radius 3 is 2.08 bits per heavy atom. The van der Waals surface area contributed by atoms with Gasteiger partial charge in [0, 0.05) is 0 Å². The highest BCUT2D eigenvalue weighted by Crippen LogP contribution is 2.23. The van der Waals surface area contributed by atoms with Crippen LogP contribution in [0.25, 0.3) is 0 Å². The molecule has 0 aliphatic heterocycles. The highest BCUT2D eigenvalue weighted by molar-refractivity contribution is 4.92. The fraction of sp³-hybridized carbons (Fsp3) is 0.900. The van der Waals surface area contributed by atoms with Gasteiger partial charge in [0.25, 0.3) is 0 Å². The Kier molecular flexibility index (Phi) is 4.10. The van der Waals surface area contributed by atoms with Crippen molar-refractivity contribution >= 4 is 0 Å². The third-order valence-electron chi connectivity index (χ3n) is 2.81. The fourth-order valence-electron chi connectivity index (χ4n) is 1.95. The Morgan fingerprint density at radius 2 is 1.58 bits per heavy atom. The summed E-state index contributed by atoms with van der Waals surface area (Å²) in [5.74, 6) is 0.468. The number of hydrogen-bond acceptors (Lipinski definition) is 2. The van der Waals surface area contributed by atoms with Crippen LogP contribution in [-0.2, 0) is 0 Å². The second kappa shape index (κ2) is 5.16. The zero-order valence-electron chi connectivity index (χ0n) is 7.63. The zero-order valence-corrected chi connectivity index (χ0v) is 7.63. The van der Waals surface area contributed by atoms with Crippen LogP contribution in [0.4, 0.5) is 0 Å². The molecule has 1 rings (SSSR count). The van der Waals surface area contributed by atoms with Crippen molar-refractivity contribution in [3.63, 3.8) is 0 Å². The Labute approximate surface area is 74.8 Å². The summed E-state index contributed by atoms with van der Waals surface area (Å²) in [6.45, 7) is 0. The third-order valence-corrected chi connectivity index (χ3v) is 2.81. The van der Waals surface area contributed by atoms with E-state index in [-0.39, 0.29) is 6.04 Å². The SMILES string of the molecule is N#CC(N)C1CCCCCCC1. The van der Waals surface area contributed by atoms with E-state index in [1.165, 1.54) is 32.1 Å². The van der Waals surface area contributed by atoms with Gasteiger partial charge in [-0.1, -0.05) is 32.1 Å². The average molecular weight is 166 g/mol. The molecule has 0 radical (unpaired) electrons. The summed E-state index contributed by atoms with van der Waals surface area (Å²) in [6, 6.07) is 1.94. The Bertz CT molecular complexity index is 152. The van der Waals surface area contributed by atoms with Crippen molar-refractivity contribution in [2.24, 2.45) is 11.7 Å². The van der Waals surface area contributed by atoms with Gasteiger partial charge < -0.3 is 5.73 Å². The maximum atomic E-state index is 8.67. The number of nitriles is 1. The summed E-state index contributed by atoms with van der Waals surface area (Å²) in [7, 11) is 0. The first-order chi connectivity index (χ1) is 5.84. The molecule has 0 heterocycles. The van der Waals surface area contributed by atoms with E-state index in [4.69, 9.17) is 11.0 Å². The Balaban J connectivity index is 2.35. The van der Waals surface area contributed by atoms with Gasteiger partial charge in [-0.2, -0.15) is 5.26 Å². The highest BCUT2D eigenvalue weighted by atomic mass is 14.6. The molecule has 12 heavy (non-hydrogen) atoms. The van der Waals surface area contributed by atoms with Crippen LogP contribution in [0.1, 0.15) is 44.9 Å². The minimum absolute atomic E-state index is 0.219. The predicted molar refractivity (Wildman–Crippen MR) is 49.4 cm³/mol. The van der Waals surface area contributed by atoms with Crippen LogP contribution in [0.15, 0.2) is 0 Å². The molecule has 1 saturated carbocycles. The number of rotatable bonds is 1. The van der Waals surface area contributed by atoms with Crippen LogP contribution in [0.3, 0.4) is 0 Å². The van der Waals surface area contributed by atoms with Crippen LogP contribution in [-0.4, -0.2) is 6.04 Å². The largest absolute Gasteiger partial charge is 0.316 e. The van der Waals surface area contributed by atoms with Crippen LogP contribution in [0, 0.1) is 17.2 Å². The molecule has 0 aromatic heterocycles. The molecule has 0 aromatic carbocycles. The quantitative estimate of drug-likeness (QED) is 0.649. The van der Waals surface area contributed by atoms with Crippen molar-refractivity contribution in [2.45, 2.75) is 51.0 Å². The number of nitrogens with two attached hydrogens (primary N) is 1. The monoisotopic (exact) mass is 166 g/mol.